The summed E-state index contributed by atoms with van der Waals surface area (Å²) in [5.74, 6) is -0.193. The second-order valence-corrected chi connectivity index (χ2v) is 11.9. The van der Waals surface area contributed by atoms with Crippen molar-refractivity contribution in [3.63, 3.8) is 0 Å². The molecule has 10 heteroatoms. The van der Waals surface area contributed by atoms with Gasteiger partial charge in [-0.1, -0.05) is 77.3 Å². The Morgan fingerprint density at radius 3 is 2.21 bits per heavy atom. The molecule has 3 N–H and O–H groups in total. The Bertz CT molecular complexity index is 1130. The van der Waals surface area contributed by atoms with Crippen LogP contribution in [-0.2, 0) is 22.4 Å². The van der Waals surface area contributed by atoms with Gasteiger partial charge in [-0.05, 0) is 60.0 Å². The zero-order valence-corrected chi connectivity index (χ0v) is 27.8. The largest absolute Gasteiger partial charge is 0.449 e. The third-order valence-corrected chi connectivity index (χ3v) is 7.36. The van der Waals surface area contributed by atoms with E-state index in [0.29, 0.717) is 17.7 Å². The molecule has 0 radical (unpaired) electrons. The first-order valence-corrected chi connectivity index (χ1v) is 16.5. The van der Waals surface area contributed by atoms with Crippen molar-refractivity contribution in [2.24, 2.45) is 0 Å². The van der Waals surface area contributed by atoms with Crippen LogP contribution in [0.2, 0.25) is 0 Å². The number of amides is 3. The van der Waals surface area contributed by atoms with Crippen molar-refractivity contribution >= 4 is 39.7 Å². The maximum absolute atomic E-state index is 12.7. The smallest absolute Gasteiger partial charge is 0.409 e. The first kappa shape index (κ1) is 36.1. The summed E-state index contributed by atoms with van der Waals surface area (Å²) in [5.41, 5.74) is 2.18. The summed E-state index contributed by atoms with van der Waals surface area (Å²) in [6.07, 6.45) is 14.1. The standard InChI is InChI=1S/C33H49BrN4O5/c1-5-7-8-9-10-11-12-13-14-25(3)35-33(41)43-26(4)36-32(40)42-21-19-27-15-17-30(18-16-27)37-31(39)28-22-29(34)24-38(23-28)20-6-2/h15-18,22-26H,5-14,19-21H2,1-4H3,(H2-,35,36,37,39,40,41)/p+1. The Balaban J connectivity index is 1.62. The number of rotatable bonds is 19. The van der Waals surface area contributed by atoms with Gasteiger partial charge in [0.05, 0.1) is 11.1 Å². The molecular weight excluding hydrogens is 612 g/mol. The molecule has 0 saturated heterocycles. The van der Waals surface area contributed by atoms with Crippen molar-refractivity contribution in [1.29, 1.82) is 0 Å². The van der Waals surface area contributed by atoms with Crippen molar-refractivity contribution < 1.29 is 28.4 Å². The summed E-state index contributed by atoms with van der Waals surface area (Å²) in [6, 6.07) is 9.17. The normalized spacial score (nSPS) is 12.2. The van der Waals surface area contributed by atoms with Gasteiger partial charge in [0.1, 0.15) is 12.1 Å². The summed E-state index contributed by atoms with van der Waals surface area (Å²) in [4.78, 5) is 37.0. The molecular formula is C33H50BrN4O5+. The fourth-order valence-electron chi connectivity index (χ4n) is 4.62. The second-order valence-electron chi connectivity index (χ2n) is 11.0. The lowest BCUT2D eigenvalue weighted by Crippen LogP contribution is -2.41. The molecule has 238 valence electrons. The zero-order chi connectivity index (χ0) is 31.5. The summed E-state index contributed by atoms with van der Waals surface area (Å²) in [6.45, 7) is 8.83. The zero-order valence-electron chi connectivity index (χ0n) is 26.3. The Hall–Kier alpha value is -3.14. The number of nitrogens with zero attached hydrogens (tertiary/aromatic N) is 1. The summed E-state index contributed by atoms with van der Waals surface area (Å²) >= 11 is 3.46. The van der Waals surface area contributed by atoms with Crippen LogP contribution < -0.4 is 20.5 Å². The highest BCUT2D eigenvalue weighted by atomic mass is 79.9. The lowest BCUT2D eigenvalue weighted by atomic mass is 10.1. The van der Waals surface area contributed by atoms with Crippen molar-refractivity contribution in [2.45, 2.75) is 117 Å². The SMILES string of the molecule is CCCCCCCCCCC(C)NC(=O)OC(C)NC(=O)OCCc1ccc(NC(=O)c2cc(Br)c[n+](CCC)c2)cc1. The van der Waals surface area contributed by atoms with Gasteiger partial charge in [-0.2, -0.15) is 0 Å². The van der Waals surface area contributed by atoms with Crippen molar-refractivity contribution in [1.82, 2.24) is 10.6 Å². The molecule has 1 aromatic heterocycles. The molecule has 2 unspecified atom stereocenters. The highest BCUT2D eigenvalue weighted by Gasteiger charge is 2.16. The van der Waals surface area contributed by atoms with Crippen LogP contribution >= 0.6 is 15.9 Å². The molecule has 1 heterocycles. The molecule has 0 saturated carbocycles. The van der Waals surface area contributed by atoms with E-state index in [1.54, 1.807) is 13.0 Å². The van der Waals surface area contributed by atoms with Gasteiger partial charge in [-0.25, -0.2) is 14.2 Å². The molecule has 3 amide bonds. The van der Waals surface area contributed by atoms with E-state index in [0.717, 1.165) is 35.8 Å². The number of carbonyl (C=O) groups excluding carboxylic acids is 3. The number of pyridine rings is 1. The van der Waals surface area contributed by atoms with E-state index in [2.05, 4.69) is 45.7 Å². The molecule has 0 fully saturated rings. The Labute approximate surface area is 265 Å². The quantitative estimate of drug-likeness (QED) is 0.0813. The number of hydrogen-bond donors (Lipinski definition) is 3. The van der Waals surface area contributed by atoms with Crippen LogP contribution in [0, 0.1) is 0 Å². The second kappa shape index (κ2) is 20.7. The molecule has 0 aliphatic carbocycles. The van der Waals surface area contributed by atoms with Crippen LogP contribution in [-0.4, -0.2) is 37.0 Å². The molecule has 2 atom stereocenters. The Morgan fingerprint density at radius 2 is 1.53 bits per heavy atom. The Morgan fingerprint density at radius 1 is 0.860 bits per heavy atom. The maximum atomic E-state index is 12.7. The van der Waals surface area contributed by atoms with Crippen LogP contribution in [0.3, 0.4) is 0 Å². The fourth-order valence-corrected chi connectivity index (χ4v) is 5.13. The molecule has 0 spiro atoms. The summed E-state index contributed by atoms with van der Waals surface area (Å²) in [7, 11) is 0. The molecule has 2 rings (SSSR count). The molecule has 2 aromatic rings. The van der Waals surface area contributed by atoms with Gasteiger partial charge in [0, 0.05) is 24.6 Å². The number of nitrogens with one attached hydrogen (secondary N) is 3. The average Bonchev–Trinajstić information content (AvgIpc) is 2.95. The number of carbonyl (C=O) groups is 3. The van der Waals surface area contributed by atoms with Gasteiger partial charge in [0.2, 0.25) is 0 Å². The van der Waals surface area contributed by atoms with Crippen LogP contribution in [0.4, 0.5) is 15.3 Å². The molecule has 43 heavy (non-hydrogen) atoms. The van der Waals surface area contributed by atoms with E-state index in [4.69, 9.17) is 9.47 Å². The number of halogens is 1. The van der Waals surface area contributed by atoms with Gasteiger partial charge in [0.15, 0.2) is 18.6 Å². The van der Waals surface area contributed by atoms with Crippen LogP contribution in [0.1, 0.15) is 108 Å². The topological polar surface area (TPSA) is 110 Å². The lowest BCUT2D eigenvalue weighted by molar-refractivity contribution is -0.697. The highest BCUT2D eigenvalue weighted by molar-refractivity contribution is 9.10. The number of aromatic nitrogens is 1. The first-order chi connectivity index (χ1) is 20.7. The van der Waals surface area contributed by atoms with E-state index in [1.807, 2.05) is 48.1 Å². The van der Waals surface area contributed by atoms with Crippen LogP contribution in [0.5, 0.6) is 0 Å². The monoisotopic (exact) mass is 661 g/mol. The number of anilines is 1. The van der Waals surface area contributed by atoms with Crippen molar-refractivity contribution in [3.8, 4) is 0 Å². The van der Waals surface area contributed by atoms with E-state index >= 15 is 0 Å². The third-order valence-electron chi connectivity index (χ3n) is 6.93. The predicted molar refractivity (Wildman–Crippen MR) is 173 cm³/mol. The lowest BCUT2D eigenvalue weighted by Gasteiger charge is -2.18. The van der Waals surface area contributed by atoms with E-state index in [9.17, 15) is 14.4 Å². The van der Waals surface area contributed by atoms with Gasteiger partial charge in [-0.15, -0.1) is 0 Å². The van der Waals surface area contributed by atoms with Crippen molar-refractivity contribution in [2.75, 3.05) is 11.9 Å². The Kier molecular flexibility index (Phi) is 17.4. The highest BCUT2D eigenvalue weighted by Crippen LogP contribution is 2.14. The molecule has 1 aromatic carbocycles. The van der Waals surface area contributed by atoms with Crippen LogP contribution in [0.15, 0.2) is 47.2 Å². The predicted octanol–water partition coefficient (Wildman–Crippen LogP) is 7.66. The fraction of sp³-hybridized carbons (Fsp3) is 0.576. The van der Waals surface area contributed by atoms with E-state index in [-0.39, 0.29) is 18.6 Å². The molecule has 9 nitrogen and oxygen atoms in total. The van der Waals surface area contributed by atoms with E-state index in [1.165, 1.54) is 44.9 Å². The summed E-state index contributed by atoms with van der Waals surface area (Å²) in [5, 5.41) is 8.25. The van der Waals surface area contributed by atoms with E-state index < -0.39 is 18.4 Å². The number of aryl methyl sites for hydroxylation is 1. The number of hydrogen-bond acceptors (Lipinski definition) is 5. The minimum atomic E-state index is -0.826. The number of alkyl carbamates (subject to hydrolysis) is 2. The van der Waals surface area contributed by atoms with Crippen molar-refractivity contribution in [3.05, 3.63) is 58.3 Å². The molecule has 0 aliphatic rings. The van der Waals surface area contributed by atoms with Gasteiger partial charge in [0.25, 0.3) is 5.91 Å². The summed E-state index contributed by atoms with van der Waals surface area (Å²) < 4.78 is 13.3. The third kappa shape index (κ3) is 15.8. The van der Waals surface area contributed by atoms with Gasteiger partial charge in [-0.3, -0.25) is 10.1 Å². The number of benzene rings is 1. The average molecular weight is 663 g/mol. The number of ether oxygens (including phenoxy) is 2. The minimum absolute atomic E-state index is 0.00427. The maximum Gasteiger partial charge on any atom is 0.409 e. The van der Waals surface area contributed by atoms with Gasteiger partial charge >= 0.3 is 12.2 Å². The molecule has 0 aliphatic heterocycles. The van der Waals surface area contributed by atoms with Gasteiger partial charge < -0.3 is 20.1 Å². The first-order valence-electron chi connectivity index (χ1n) is 15.7. The number of unbranched alkanes of at least 4 members (excludes halogenated alkanes) is 7. The molecule has 0 bridgehead atoms. The van der Waals surface area contributed by atoms with Crippen LogP contribution in [0.25, 0.3) is 0 Å². The minimum Gasteiger partial charge on any atom is -0.449 e.